The molecule has 1 atom stereocenters. The predicted molar refractivity (Wildman–Crippen MR) is 51.9 cm³/mol. The Morgan fingerprint density at radius 2 is 1.94 bits per heavy atom. The third kappa shape index (κ3) is 3.10. The minimum absolute atomic E-state index is 0.111. The van der Waals surface area contributed by atoms with E-state index in [1.807, 2.05) is 0 Å². The predicted octanol–water partition coefficient (Wildman–Crippen LogP) is 0.676. The SMILES string of the molecule is O=C1CN(CCC(F)(F)F)C(=O)C(C2CC2)N1. The standard InChI is InChI=1S/C10H13F3N2O2/c11-10(12,13)3-4-15-5-7(16)14-8(9(15)17)6-1-2-6/h6,8H,1-5H2,(H,14,16). The summed E-state index contributed by atoms with van der Waals surface area (Å²) in [7, 11) is 0. The van der Waals surface area contributed by atoms with Crippen LogP contribution in [0, 0.1) is 5.92 Å². The Bertz CT molecular complexity index is 339. The third-order valence-corrected chi connectivity index (χ3v) is 2.99. The molecular weight excluding hydrogens is 237 g/mol. The summed E-state index contributed by atoms with van der Waals surface area (Å²) >= 11 is 0. The Balaban J connectivity index is 1.95. The van der Waals surface area contributed by atoms with Gasteiger partial charge in [0.1, 0.15) is 6.04 Å². The number of hydrogen-bond acceptors (Lipinski definition) is 2. The van der Waals surface area contributed by atoms with E-state index in [2.05, 4.69) is 5.32 Å². The summed E-state index contributed by atoms with van der Waals surface area (Å²) in [5, 5.41) is 2.54. The van der Waals surface area contributed by atoms with E-state index in [4.69, 9.17) is 0 Å². The summed E-state index contributed by atoms with van der Waals surface area (Å²) in [4.78, 5) is 24.1. The zero-order chi connectivity index (χ0) is 12.6. The molecule has 1 aliphatic carbocycles. The molecule has 0 aromatic carbocycles. The van der Waals surface area contributed by atoms with Crippen molar-refractivity contribution in [2.24, 2.45) is 5.92 Å². The van der Waals surface area contributed by atoms with Crippen LogP contribution >= 0.6 is 0 Å². The van der Waals surface area contributed by atoms with Crippen LogP contribution in [-0.2, 0) is 9.59 Å². The molecule has 2 rings (SSSR count). The summed E-state index contributed by atoms with van der Waals surface area (Å²) in [5.74, 6) is -0.639. The van der Waals surface area contributed by atoms with Crippen LogP contribution in [0.4, 0.5) is 13.2 Å². The van der Waals surface area contributed by atoms with Crippen LogP contribution in [0.5, 0.6) is 0 Å². The van der Waals surface area contributed by atoms with Crippen LogP contribution in [-0.4, -0.2) is 42.0 Å². The molecule has 0 bridgehead atoms. The van der Waals surface area contributed by atoms with Crippen LogP contribution in [0.15, 0.2) is 0 Å². The Morgan fingerprint density at radius 1 is 1.29 bits per heavy atom. The van der Waals surface area contributed by atoms with E-state index in [0.29, 0.717) is 0 Å². The molecule has 0 spiro atoms. The van der Waals surface area contributed by atoms with Gasteiger partial charge in [0, 0.05) is 6.54 Å². The molecule has 17 heavy (non-hydrogen) atoms. The van der Waals surface area contributed by atoms with Gasteiger partial charge in [0.25, 0.3) is 0 Å². The van der Waals surface area contributed by atoms with Gasteiger partial charge in [0.2, 0.25) is 11.8 Å². The van der Waals surface area contributed by atoms with Crippen molar-refractivity contribution >= 4 is 11.8 Å². The van der Waals surface area contributed by atoms with E-state index >= 15 is 0 Å². The molecule has 2 aliphatic rings. The smallest absolute Gasteiger partial charge is 0.342 e. The van der Waals surface area contributed by atoms with E-state index in [9.17, 15) is 22.8 Å². The number of halogens is 3. The lowest BCUT2D eigenvalue weighted by Crippen LogP contribution is -2.59. The monoisotopic (exact) mass is 250 g/mol. The summed E-state index contributed by atoms with van der Waals surface area (Å²) in [6.07, 6.45) is -3.67. The second-order valence-corrected chi connectivity index (χ2v) is 4.51. The molecule has 1 N–H and O–H groups in total. The maximum atomic E-state index is 12.1. The second kappa shape index (κ2) is 4.19. The fourth-order valence-corrected chi connectivity index (χ4v) is 1.93. The molecule has 1 aliphatic heterocycles. The van der Waals surface area contributed by atoms with Crippen molar-refractivity contribution in [1.82, 2.24) is 10.2 Å². The normalized spacial score (nSPS) is 26.1. The zero-order valence-corrected chi connectivity index (χ0v) is 9.09. The number of nitrogens with zero attached hydrogens (tertiary/aromatic N) is 1. The minimum atomic E-state index is -4.30. The molecular formula is C10H13F3N2O2. The van der Waals surface area contributed by atoms with Crippen LogP contribution in [0.3, 0.4) is 0 Å². The number of nitrogens with one attached hydrogen (secondary N) is 1. The zero-order valence-electron chi connectivity index (χ0n) is 9.09. The second-order valence-electron chi connectivity index (χ2n) is 4.51. The number of piperazine rings is 1. The van der Waals surface area contributed by atoms with Gasteiger partial charge in [0.05, 0.1) is 13.0 Å². The van der Waals surface area contributed by atoms with Gasteiger partial charge in [-0.25, -0.2) is 0 Å². The number of rotatable bonds is 3. The summed E-state index contributed by atoms with van der Waals surface area (Å²) in [6.45, 7) is -0.697. The molecule has 1 saturated heterocycles. The highest BCUT2D eigenvalue weighted by Crippen LogP contribution is 2.34. The van der Waals surface area contributed by atoms with Crippen molar-refractivity contribution in [1.29, 1.82) is 0 Å². The van der Waals surface area contributed by atoms with Crippen molar-refractivity contribution in [3.8, 4) is 0 Å². The average molecular weight is 250 g/mol. The molecule has 0 radical (unpaired) electrons. The van der Waals surface area contributed by atoms with Gasteiger partial charge in [-0.3, -0.25) is 9.59 Å². The molecule has 96 valence electrons. The number of carbonyl (C=O) groups excluding carboxylic acids is 2. The fourth-order valence-electron chi connectivity index (χ4n) is 1.93. The largest absolute Gasteiger partial charge is 0.390 e. The molecule has 0 aromatic rings. The molecule has 1 unspecified atom stereocenters. The highest BCUT2D eigenvalue weighted by atomic mass is 19.4. The van der Waals surface area contributed by atoms with E-state index in [-0.39, 0.29) is 24.3 Å². The number of hydrogen-bond donors (Lipinski definition) is 1. The molecule has 2 amide bonds. The Kier molecular flexibility index (Phi) is 3.01. The quantitative estimate of drug-likeness (QED) is 0.800. The van der Waals surface area contributed by atoms with E-state index in [1.165, 1.54) is 0 Å². The summed E-state index contributed by atoms with van der Waals surface area (Å²) in [5.41, 5.74) is 0. The lowest BCUT2D eigenvalue weighted by Gasteiger charge is -2.32. The first-order valence-electron chi connectivity index (χ1n) is 5.52. The fraction of sp³-hybridized carbons (Fsp3) is 0.800. The number of alkyl halides is 3. The molecule has 1 saturated carbocycles. The van der Waals surface area contributed by atoms with E-state index in [0.717, 1.165) is 17.7 Å². The van der Waals surface area contributed by atoms with Crippen LogP contribution in [0.2, 0.25) is 0 Å². The van der Waals surface area contributed by atoms with Gasteiger partial charge in [-0.15, -0.1) is 0 Å². The molecule has 1 heterocycles. The lowest BCUT2D eigenvalue weighted by atomic mass is 10.1. The summed E-state index contributed by atoms with van der Waals surface area (Å²) < 4.78 is 36.2. The van der Waals surface area contributed by atoms with Gasteiger partial charge < -0.3 is 10.2 Å². The maximum Gasteiger partial charge on any atom is 0.390 e. The third-order valence-electron chi connectivity index (χ3n) is 2.99. The van der Waals surface area contributed by atoms with Crippen molar-refractivity contribution in [2.45, 2.75) is 31.5 Å². The molecule has 7 heteroatoms. The molecule has 0 aromatic heterocycles. The van der Waals surface area contributed by atoms with Crippen molar-refractivity contribution in [3.63, 3.8) is 0 Å². The van der Waals surface area contributed by atoms with Gasteiger partial charge >= 0.3 is 6.18 Å². The summed E-state index contributed by atoms with van der Waals surface area (Å²) in [6, 6.07) is -0.607. The number of carbonyl (C=O) groups is 2. The van der Waals surface area contributed by atoms with Crippen LogP contribution < -0.4 is 5.32 Å². The Labute approximate surface area is 96.1 Å². The Hall–Kier alpha value is -1.27. The average Bonchev–Trinajstić information content (AvgIpc) is 3.01. The van der Waals surface area contributed by atoms with Gasteiger partial charge in [-0.1, -0.05) is 0 Å². The van der Waals surface area contributed by atoms with Gasteiger partial charge in [0.15, 0.2) is 0 Å². The van der Waals surface area contributed by atoms with Crippen molar-refractivity contribution < 1.29 is 22.8 Å². The van der Waals surface area contributed by atoms with E-state index in [1.54, 1.807) is 0 Å². The maximum absolute atomic E-state index is 12.1. The first-order valence-corrected chi connectivity index (χ1v) is 5.52. The topological polar surface area (TPSA) is 49.4 Å². The minimum Gasteiger partial charge on any atom is -0.342 e. The molecule has 2 fully saturated rings. The first-order chi connectivity index (χ1) is 7.87. The van der Waals surface area contributed by atoms with Crippen molar-refractivity contribution in [2.75, 3.05) is 13.1 Å². The first kappa shape index (κ1) is 12.2. The highest BCUT2D eigenvalue weighted by Gasteiger charge is 2.43. The van der Waals surface area contributed by atoms with Crippen molar-refractivity contribution in [3.05, 3.63) is 0 Å². The van der Waals surface area contributed by atoms with E-state index < -0.39 is 25.2 Å². The number of amides is 2. The van der Waals surface area contributed by atoms with Gasteiger partial charge in [-0.05, 0) is 18.8 Å². The highest BCUT2D eigenvalue weighted by molar-refractivity contribution is 5.95. The van der Waals surface area contributed by atoms with Gasteiger partial charge in [-0.2, -0.15) is 13.2 Å². The Morgan fingerprint density at radius 3 is 2.47 bits per heavy atom. The van der Waals surface area contributed by atoms with Crippen LogP contribution in [0.25, 0.3) is 0 Å². The lowest BCUT2D eigenvalue weighted by molar-refractivity contribution is -0.153. The van der Waals surface area contributed by atoms with Crippen LogP contribution in [0.1, 0.15) is 19.3 Å². The molecule has 4 nitrogen and oxygen atoms in total.